The summed E-state index contributed by atoms with van der Waals surface area (Å²) >= 11 is 0. The van der Waals surface area contributed by atoms with Gasteiger partial charge < -0.3 is 24.8 Å². The normalized spacial score (nSPS) is 18.2. The number of rotatable bonds is 6. The highest BCUT2D eigenvalue weighted by Gasteiger charge is 2.24. The molecule has 2 aromatic heterocycles. The molecule has 35 heavy (non-hydrogen) atoms. The largest absolute Gasteiger partial charge is 0.496 e. The van der Waals surface area contributed by atoms with Crippen LogP contribution in [0.4, 0.5) is 5.82 Å². The van der Waals surface area contributed by atoms with Gasteiger partial charge in [0.2, 0.25) is 11.8 Å². The highest BCUT2D eigenvalue weighted by Crippen LogP contribution is 2.26. The number of imidazole rings is 1. The Kier molecular flexibility index (Phi) is 9.39. The minimum Gasteiger partial charge on any atom is -0.496 e. The number of hydrogen-bond donors (Lipinski definition) is 2. The number of likely N-dealkylation sites (tertiary alicyclic amines) is 1. The predicted molar refractivity (Wildman–Crippen MR) is 136 cm³/mol. The van der Waals surface area contributed by atoms with Crippen molar-refractivity contribution in [2.45, 2.75) is 39.5 Å². The highest BCUT2D eigenvalue weighted by molar-refractivity contribution is 5.85. The molecule has 0 bridgehead atoms. The van der Waals surface area contributed by atoms with Gasteiger partial charge in [-0.15, -0.1) is 0 Å². The van der Waals surface area contributed by atoms with Crippen LogP contribution in [-0.2, 0) is 14.3 Å². The molecule has 2 aliphatic heterocycles. The maximum Gasteiger partial charge on any atom is 0.242 e. The molecule has 0 atom stereocenters. The lowest BCUT2D eigenvalue weighted by molar-refractivity contribution is -0.132. The maximum absolute atomic E-state index is 12.2. The summed E-state index contributed by atoms with van der Waals surface area (Å²) < 4.78 is 5.33. The summed E-state index contributed by atoms with van der Waals surface area (Å²) in [7, 11) is 1.60. The van der Waals surface area contributed by atoms with Gasteiger partial charge >= 0.3 is 0 Å². The summed E-state index contributed by atoms with van der Waals surface area (Å²) in [5.41, 5.74) is 3.86. The fourth-order valence-corrected chi connectivity index (χ4v) is 4.21. The molecule has 2 amide bonds. The lowest BCUT2D eigenvalue weighted by Gasteiger charge is -2.31. The Morgan fingerprint density at radius 1 is 1.23 bits per heavy atom. The van der Waals surface area contributed by atoms with Crippen molar-refractivity contribution in [3.05, 3.63) is 48.3 Å². The van der Waals surface area contributed by atoms with Crippen molar-refractivity contribution in [2.24, 2.45) is 0 Å². The van der Waals surface area contributed by atoms with Crippen LogP contribution in [-0.4, -0.2) is 76.5 Å². The van der Waals surface area contributed by atoms with Crippen LogP contribution in [0.25, 0.3) is 11.2 Å². The zero-order valence-corrected chi connectivity index (χ0v) is 20.8. The van der Waals surface area contributed by atoms with E-state index in [2.05, 4.69) is 36.7 Å². The van der Waals surface area contributed by atoms with Crippen molar-refractivity contribution in [3.63, 3.8) is 0 Å². The number of fused-ring (bicyclic) bond motifs is 1. The van der Waals surface area contributed by atoms with Crippen LogP contribution in [0.1, 0.15) is 39.5 Å². The minimum absolute atomic E-state index is 0.0432. The summed E-state index contributed by atoms with van der Waals surface area (Å²) in [6.45, 7) is 10.8. The fraction of sp³-hybridized carbons (Fsp3) is 0.480. The molecular formula is C25H35N7O3. The Morgan fingerprint density at radius 2 is 2.00 bits per heavy atom. The van der Waals surface area contributed by atoms with Gasteiger partial charge in [-0.25, -0.2) is 15.0 Å². The summed E-state index contributed by atoms with van der Waals surface area (Å²) in [6.07, 6.45) is 10.6. The number of ether oxygens (including phenoxy) is 1. The summed E-state index contributed by atoms with van der Waals surface area (Å²) in [5, 5.41) is 2.61. The Morgan fingerprint density at radius 3 is 2.66 bits per heavy atom. The predicted octanol–water partition coefficient (Wildman–Crippen LogP) is 2.73. The molecule has 0 aromatic carbocycles. The summed E-state index contributed by atoms with van der Waals surface area (Å²) in [5.74, 6) is 1.49. The highest BCUT2D eigenvalue weighted by atomic mass is 16.5. The Bertz CT molecular complexity index is 1100. The van der Waals surface area contributed by atoms with Crippen LogP contribution < -0.4 is 10.2 Å². The first-order valence-corrected chi connectivity index (χ1v) is 12.0. The van der Waals surface area contributed by atoms with E-state index in [0.29, 0.717) is 25.3 Å². The van der Waals surface area contributed by atoms with Crippen LogP contribution in [0, 0.1) is 0 Å². The van der Waals surface area contributed by atoms with Crippen LogP contribution >= 0.6 is 0 Å². The zero-order chi connectivity index (χ0) is 25.2. The van der Waals surface area contributed by atoms with Gasteiger partial charge in [0.05, 0.1) is 20.0 Å². The van der Waals surface area contributed by atoms with Crippen molar-refractivity contribution < 1.29 is 14.3 Å². The minimum atomic E-state index is -0.117. The van der Waals surface area contributed by atoms with Gasteiger partial charge in [-0.05, 0) is 37.8 Å². The lowest BCUT2D eigenvalue weighted by atomic mass is 9.96. The van der Waals surface area contributed by atoms with E-state index in [1.54, 1.807) is 37.7 Å². The van der Waals surface area contributed by atoms with E-state index < -0.39 is 0 Å². The first-order chi connectivity index (χ1) is 17.0. The molecule has 0 aliphatic carbocycles. The number of hydrogen-bond acceptors (Lipinski definition) is 7. The quantitative estimate of drug-likeness (QED) is 0.610. The number of carbonyl (C=O) groups is 2. The Labute approximate surface area is 206 Å². The van der Waals surface area contributed by atoms with Crippen LogP contribution in [0.2, 0.25) is 0 Å². The average molecular weight is 482 g/mol. The van der Waals surface area contributed by atoms with Gasteiger partial charge in [-0.2, -0.15) is 0 Å². The Balaban J connectivity index is 0.000000209. The smallest absolute Gasteiger partial charge is 0.242 e. The number of allylic oxidation sites excluding steroid dienone is 2. The molecule has 0 unspecified atom stereocenters. The van der Waals surface area contributed by atoms with Crippen molar-refractivity contribution in [2.75, 3.05) is 44.7 Å². The van der Waals surface area contributed by atoms with Gasteiger partial charge in [0.25, 0.3) is 0 Å². The molecule has 0 spiro atoms. The fourth-order valence-electron chi connectivity index (χ4n) is 4.21. The van der Waals surface area contributed by atoms with Gasteiger partial charge in [0.1, 0.15) is 17.6 Å². The molecule has 2 aliphatic rings. The number of aromatic nitrogens is 4. The number of nitrogens with one attached hydrogen (secondary N) is 2. The van der Waals surface area contributed by atoms with Crippen LogP contribution in [0.5, 0.6) is 0 Å². The molecule has 4 heterocycles. The average Bonchev–Trinajstić information content (AvgIpc) is 3.60. The van der Waals surface area contributed by atoms with E-state index >= 15 is 0 Å². The number of nitrogens with zero attached hydrogens (tertiary/aromatic N) is 5. The van der Waals surface area contributed by atoms with E-state index in [1.165, 1.54) is 18.4 Å². The van der Waals surface area contributed by atoms with Crippen molar-refractivity contribution in [1.82, 2.24) is 30.2 Å². The van der Waals surface area contributed by atoms with E-state index in [4.69, 9.17) is 4.74 Å². The van der Waals surface area contributed by atoms with Gasteiger partial charge in [-0.3, -0.25) is 9.59 Å². The Hall–Kier alpha value is -3.69. The molecule has 10 heteroatoms. The second-order valence-corrected chi connectivity index (χ2v) is 8.25. The summed E-state index contributed by atoms with van der Waals surface area (Å²) in [6, 6.07) is 0. The molecule has 0 saturated carbocycles. The number of anilines is 1. The molecule has 4 rings (SSSR count). The number of carbonyl (C=O) groups excluding carboxylic acids is 2. The number of piperidine rings is 1. The van der Waals surface area contributed by atoms with E-state index in [9.17, 15) is 9.59 Å². The maximum atomic E-state index is 12.2. The van der Waals surface area contributed by atoms with Gasteiger partial charge in [-0.1, -0.05) is 19.6 Å². The number of amides is 2. The van der Waals surface area contributed by atoms with E-state index in [-0.39, 0.29) is 18.4 Å². The van der Waals surface area contributed by atoms with Crippen molar-refractivity contribution in [1.29, 1.82) is 0 Å². The molecule has 10 nitrogen and oxygen atoms in total. The molecular weight excluding hydrogens is 446 g/mol. The summed E-state index contributed by atoms with van der Waals surface area (Å²) in [4.78, 5) is 43.0. The first kappa shape index (κ1) is 25.9. The standard InChI is InChI=1S/C16H24N2O3.C9H11N5/c1-5-12-8-9-18(11-13(12)14(6-2)21-4)16(20)10-17-15(19)7-3;1-2-4-14(3-1)9-7-8(11-5-10-7)12-6-13-9/h5-6H,2,7-11H2,1,3-4H3,(H,17,19);5-6H,1-4H2,(H,10,11,12,13)/b12-5-,14-13+;. The van der Waals surface area contributed by atoms with Crippen molar-refractivity contribution >= 4 is 28.8 Å². The van der Waals surface area contributed by atoms with Crippen LogP contribution in [0.3, 0.4) is 0 Å². The van der Waals surface area contributed by atoms with Gasteiger partial charge in [0.15, 0.2) is 11.5 Å². The third-order valence-corrected chi connectivity index (χ3v) is 6.16. The molecule has 188 valence electrons. The molecule has 2 N–H and O–H groups in total. The topological polar surface area (TPSA) is 116 Å². The number of methoxy groups -OCH3 is 1. The third kappa shape index (κ3) is 6.46. The van der Waals surface area contributed by atoms with Crippen LogP contribution in [0.15, 0.2) is 48.3 Å². The van der Waals surface area contributed by atoms with Gasteiger partial charge in [0, 0.05) is 38.2 Å². The van der Waals surface area contributed by atoms with E-state index in [0.717, 1.165) is 42.1 Å². The SMILES string of the molecule is C=C/C(OC)=C1/CN(C(=O)CNC(=O)CC)CC/C1=C/C.c1nc(N2CCCC2)c2[nH]cnc2n1. The lowest BCUT2D eigenvalue weighted by Crippen LogP contribution is -2.43. The molecule has 2 fully saturated rings. The second kappa shape index (κ2) is 12.7. The molecule has 0 radical (unpaired) electrons. The van der Waals surface area contributed by atoms with Crippen molar-refractivity contribution in [3.8, 4) is 0 Å². The van der Waals surface area contributed by atoms with E-state index in [1.807, 2.05) is 13.0 Å². The molecule has 2 saturated heterocycles. The zero-order valence-electron chi connectivity index (χ0n) is 20.8. The monoisotopic (exact) mass is 481 g/mol. The number of aromatic amines is 1. The molecule has 2 aromatic rings. The second-order valence-electron chi connectivity index (χ2n) is 8.25. The first-order valence-electron chi connectivity index (χ1n) is 12.0. The third-order valence-electron chi connectivity index (χ3n) is 6.16. The number of H-pyrrole nitrogens is 1.